The lowest BCUT2D eigenvalue weighted by atomic mass is 10.1. The van der Waals surface area contributed by atoms with Crippen molar-refractivity contribution in [2.45, 2.75) is 0 Å². The van der Waals surface area contributed by atoms with Gasteiger partial charge in [-0.05, 0) is 18.2 Å². The van der Waals surface area contributed by atoms with E-state index in [0.29, 0.717) is 6.54 Å². The van der Waals surface area contributed by atoms with E-state index in [9.17, 15) is 4.79 Å². The Balaban J connectivity index is 3.02. The lowest BCUT2D eigenvalue weighted by molar-refractivity contribution is 0.0698. The second-order valence-electron chi connectivity index (χ2n) is 3.22. The van der Waals surface area contributed by atoms with Gasteiger partial charge in [0.2, 0.25) is 0 Å². The Labute approximate surface area is 87.7 Å². The van der Waals surface area contributed by atoms with Crippen LogP contribution in [0.15, 0.2) is 18.2 Å². The van der Waals surface area contributed by atoms with Gasteiger partial charge in [-0.2, -0.15) is 0 Å². The first-order valence-corrected chi connectivity index (χ1v) is 4.51. The normalized spacial score (nSPS) is 10.0. The van der Waals surface area contributed by atoms with Gasteiger partial charge >= 0.3 is 5.97 Å². The summed E-state index contributed by atoms with van der Waals surface area (Å²) in [5.74, 6) is -1.05. The van der Waals surface area contributed by atoms with Gasteiger partial charge in [0.05, 0.1) is 12.2 Å². The number of nitrogens with zero attached hydrogens (tertiary/aromatic N) is 1. The third-order valence-electron chi connectivity index (χ3n) is 2.14. The van der Waals surface area contributed by atoms with Crippen molar-refractivity contribution in [1.82, 2.24) is 0 Å². The van der Waals surface area contributed by atoms with Crippen molar-refractivity contribution < 1.29 is 15.0 Å². The fraction of sp³-hybridized carbons (Fsp3) is 0.300. The molecule has 0 unspecified atom stereocenters. The molecule has 0 fully saturated rings. The first-order chi connectivity index (χ1) is 7.06. The number of aliphatic hydroxyl groups excluding tert-OH is 1. The van der Waals surface area contributed by atoms with Crippen LogP contribution in [0.5, 0.6) is 0 Å². The molecule has 0 amide bonds. The van der Waals surface area contributed by atoms with E-state index in [2.05, 4.69) is 0 Å². The summed E-state index contributed by atoms with van der Waals surface area (Å²) in [7, 11) is 1.77. The molecular formula is C10H14N2O3. The highest BCUT2D eigenvalue weighted by Crippen LogP contribution is 2.20. The maximum absolute atomic E-state index is 10.8. The van der Waals surface area contributed by atoms with Gasteiger partial charge in [-0.15, -0.1) is 0 Å². The van der Waals surface area contributed by atoms with Crippen LogP contribution in [0, 0.1) is 0 Å². The predicted octanol–water partition coefficient (Wildman–Crippen LogP) is 0.395. The molecule has 4 N–H and O–H groups in total. The molecule has 1 aromatic rings. The van der Waals surface area contributed by atoms with Gasteiger partial charge in [0, 0.05) is 25.0 Å². The molecule has 0 saturated heterocycles. The van der Waals surface area contributed by atoms with Gasteiger partial charge in [0.15, 0.2) is 0 Å². The van der Waals surface area contributed by atoms with Crippen molar-refractivity contribution in [3.63, 3.8) is 0 Å². The molecule has 0 aliphatic rings. The van der Waals surface area contributed by atoms with E-state index in [1.807, 2.05) is 0 Å². The van der Waals surface area contributed by atoms with Crippen LogP contribution in [0.4, 0.5) is 11.4 Å². The van der Waals surface area contributed by atoms with Crippen molar-refractivity contribution in [2.75, 3.05) is 30.8 Å². The zero-order valence-electron chi connectivity index (χ0n) is 8.47. The van der Waals surface area contributed by atoms with Crippen LogP contribution in [0.1, 0.15) is 10.4 Å². The van der Waals surface area contributed by atoms with Crippen LogP contribution in [-0.4, -0.2) is 36.4 Å². The third-order valence-corrected chi connectivity index (χ3v) is 2.14. The van der Waals surface area contributed by atoms with Crippen LogP contribution in [0.2, 0.25) is 0 Å². The number of hydrogen-bond acceptors (Lipinski definition) is 4. The monoisotopic (exact) mass is 210 g/mol. The van der Waals surface area contributed by atoms with Gasteiger partial charge < -0.3 is 20.8 Å². The lowest BCUT2D eigenvalue weighted by Crippen LogP contribution is -2.21. The van der Waals surface area contributed by atoms with Crippen LogP contribution in [0.3, 0.4) is 0 Å². The zero-order valence-corrected chi connectivity index (χ0v) is 8.47. The third kappa shape index (κ3) is 2.60. The smallest absolute Gasteiger partial charge is 0.337 e. The summed E-state index contributed by atoms with van der Waals surface area (Å²) >= 11 is 0. The Hall–Kier alpha value is -1.75. The van der Waals surface area contributed by atoms with E-state index in [-0.39, 0.29) is 17.9 Å². The number of carboxylic acids is 1. The number of aromatic carboxylic acids is 1. The Bertz CT molecular complexity index is 366. The van der Waals surface area contributed by atoms with Gasteiger partial charge in [-0.1, -0.05) is 0 Å². The van der Waals surface area contributed by atoms with Crippen LogP contribution >= 0.6 is 0 Å². The summed E-state index contributed by atoms with van der Waals surface area (Å²) in [6, 6.07) is 4.76. The molecule has 0 aliphatic carbocycles. The number of carboxylic acid groups (broad SMARTS) is 1. The molecule has 0 aliphatic heterocycles. The Kier molecular flexibility index (Phi) is 3.51. The van der Waals surface area contributed by atoms with E-state index >= 15 is 0 Å². The van der Waals surface area contributed by atoms with Crippen LogP contribution < -0.4 is 10.6 Å². The molecular weight excluding hydrogens is 196 g/mol. The van der Waals surface area contributed by atoms with E-state index in [1.165, 1.54) is 6.07 Å². The maximum Gasteiger partial charge on any atom is 0.337 e. The summed E-state index contributed by atoms with van der Waals surface area (Å²) in [6.45, 7) is 0.465. The SMILES string of the molecule is CN(CCO)c1ccc(N)c(C(=O)O)c1. The zero-order chi connectivity index (χ0) is 11.4. The summed E-state index contributed by atoms with van der Waals surface area (Å²) in [6.07, 6.45) is 0. The lowest BCUT2D eigenvalue weighted by Gasteiger charge is -2.18. The van der Waals surface area contributed by atoms with Crippen LogP contribution in [-0.2, 0) is 0 Å². The molecule has 1 aromatic carbocycles. The molecule has 0 radical (unpaired) electrons. The summed E-state index contributed by atoms with van der Waals surface area (Å²) in [4.78, 5) is 12.6. The van der Waals surface area contributed by atoms with Crippen LogP contribution in [0.25, 0.3) is 0 Å². The standard InChI is InChI=1S/C10H14N2O3/c1-12(4-5-13)7-2-3-9(11)8(6-7)10(14)15/h2-3,6,13H,4-5,11H2,1H3,(H,14,15). The average Bonchev–Trinajstić information content (AvgIpc) is 2.18. The average molecular weight is 210 g/mol. The molecule has 0 spiro atoms. The molecule has 1 rings (SSSR count). The predicted molar refractivity (Wildman–Crippen MR) is 58.2 cm³/mol. The van der Waals surface area contributed by atoms with Crippen molar-refractivity contribution in [2.24, 2.45) is 0 Å². The topological polar surface area (TPSA) is 86.8 Å². The molecule has 15 heavy (non-hydrogen) atoms. The number of benzene rings is 1. The van der Waals surface area contributed by atoms with E-state index in [4.69, 9.17) is 15.9 Å². The van der Waals surface area contributed by atoms with E-state index < -0.39 is 5.97 Å². The minimum atomic E-state index is -1.05. The molecule has 5 heteroatoms. The number of nitrogen functional groups attached to an aromatic ring is 1. The highest BCUT2D eigenvalue weighted by molar-refractivity contribution is 5.94. The van der Waals surface area contributed by atoms with Gasteiger partial charge in [-0.3, -0.25) is 0 Å². The molecule has 0 atom stereocenters. The van der Waals surface area contributed by atoms with Crippen molar-refractivity contribution in [1.29, 1.82) is 0 Å². The molecule has 5 nitrogen and oxygen atoms in total. The fourth-order valence-electron chi connectivity index (χ4n) is 1.25. The number of hydrogen-bond donors (Lipinski definition) is 3. The van der Waals surface area contributed by atoms with Crippen molar-refractivity contribution in [3.05, 3.63) is 23.8 Å². The first-order valence-electron chi connectivity index (χ1n) is 4.51. The summed E-state index contributed by atoms with van der Waals surface area (Å²) < 4.78 is 0. The number of rotatable bonds is 4. The van der Waals surface area contributed by atoms with E-state index in [0.717, 1.165) is 5.69 Å². The second kappa shape index (κ2) is 4.65. The number of carbonyl (C=O) groups is 1. The molecule has 0 saturated carbocycles. The number of anilines is 2. The van der Waals surface area contributed by atoms with Crippen molar-refractivity contribution >= 4 is 17.3 Å². The summed E-state index contributed by atoms with van der Waals surface area (Å²) in [5, 5.41) is 17.6. The molecule has 0 bridgehead atoms. The number of aliphatic hydroxyl groups is 1. The Morgan fingerprint density at radius 3 is 2.73 bits per heavy atom. The molecule has 0 heterocycles. The van der Waals surface area contributed by atoms with Crippen molar-refractivity contribution in [3.8, 4) is 0 Å². The minimum absolute atomic E-state index is 0.0171. The largest absolute Gasteiger partial charge is 0.478 e. The van der Waals surface area contributed by atoms with Gasteiger partial charge in [-0.25, -0.2) is 4.79 Å². The van der Waals surface area contributed by atoms with Gasteiger partial charge in [0.1, 0.15) is 0 Å². The number of likely N-dealkylation sites (N-methyl/N-ethyl adjacent to an activating group) is 1. The quantitative estimate of drug-likeness (QED) is 0.626. The van der Waals surface area contributed by atoms with E-state index in [1.54, 1.807) is 24.1 Å². The van der Waals surface area contributed by atoms with Gasteiger partial charge in [0.25, 0.3) is 0 Å². The maximum atomic E-state index is 10.8. The summed E-state index contributed by atoms with van der Waals surface area (Å²) in [5.41, 5.74) is 6.55. The minimum Gasteiger partial charge on any atom is -0.478 e. The Morgan fingerprint density at radius 2 is 2.20 bits per heavy atom. The highest BCUT2D eigenvalue weighted by atomic mass is 16.4. The second-order valence-corrected chi connectivity index (χ2v) is 3.22. The highest BCUT2D eigenvalue weighted by Gasteiger charge is 2.10. The first kappa shape index (κ1) is 11.3. The fourth-order valence-corrected chi connectivity index (χ4v) is 1.25. The Morgan fingerprint density at radius 1 is 1.53 bits per heavy atom. The molecule has 0 aromatic heterocycles. The number of nitrogens with two attached hydrogens (primary N) is 1. The molecule has 82 valence electrons.